The maximum absolute atomic E-state index is 12.4. The molecule has 2 aliphatic heterocycles. The van der Waals surface area contributed by atoms with Crippen LogP contribution in [0.1, 0.15) is 170 Å². The number of aromatic hydroxyl groups is 1. The molecule has 31 nitrogen and oxygen atoms in total. The molecule has 35 heteroatoms. The first-order chi connectivity index (χ1) is 70.0. The van der Waals surface area contributed by atoms with E-state index in [4.69, 9.17) is 70.2 Å². The summed E-state index contributed by atoms with van der Waals surface area (Å²) in [7, 11) is -1.00. The Balaban J connectivity index is 0.000000308. The van der Waals surface area contributed by atoms with Gasteiger partial charge in [-0.2, -0.15) is 10.2 Å². The number of benzene rings is 10. The number of rotatable bonds is 22. The number of carbonyl (C=O) groups is 3. The van der Waals surface area contributed by atoms with Crippen molar-refractivity contribution in [2.45, 2.75) is 173 Å². The second-order valence-electron chi connectivity index (χ2n) is 36.9. The number of nitrogen functional groups attached to an aromatic ring is 3. The Morgan fingerprint density at radius 2 is 0.791 bits per heavy atom. The van der Waals surface area contributed by atoms with Crippen molar-refractivity contribution in [2.24, 2.45) is 17.8 Å². The summed E-state index contributed by atoms with van der Waals surface area (Å²) in [4.78, 5) is 54.6. The summed E-state index contributed by atoms with van der Waals surface area (Å²) >= 11 is 10.4. The van der Waals surface area contributed by atoms with Crippen molar-refractivity contribution in [2.75, 3.05) is 106 Å². The molecule has 6 aromatic heterocycles. The summed E-state index contributed by atoms with van der Waals surface area (Å²) in [5, 5.41) is 31.9. The Labute approximate surface area is 903 Å². The Morgan fingerprint density at radius 1 is 0.466 bits per heavy atom. The number of aromatic nitrogens is 12. The number of phenols is 1. The molecule has 1 atom stereocenters. The third-order valence-electron chi connectivity index (χ3n) is 21.5. The van der Waals surface area contributed by atoms with Gasteiger partial charge in [0.2, 0.25) is 0 Å². The first-order valence-electron chi connectivity index (χ1n) is 49.3. The van der Waals surface area contributed by atoms with Crippen molar-refractivity contribution < 1.29 is 93.4 Å². The van der Waals surface area contributed by atoms with Gasteiger partial charge in [-0.25, -0.2) is 34.3 Å². The molecule has 3 amide bonds. The van der Waals surface area contributed by atoms with Gasteiger partial charge in [0.15, 0.2) is 5.82 Å². The van der Waals surface area contributed by atoms with Crippen molar-refractivity contribution >= 4 is 119 Å². The number of nitrogens with two attached hydrogens (primary N) is 3. The predicted octanol–water partition coefficient (Wildman–Crippen LogP) is 24.1. The number of amides is 3. The van der Waals surface area contributed by atoms with E-state index < -0.39 is 18.7 Å². The first-order valence-corrected chi connectivity index (χ1v) is 49.4. The molecule has 8 heterocycles. The van der Waals surface area contributed by atoms with Gasteiger partial charge in [-0.3, -0.25) is 43.5 Å². The molecular formula is C113H149Cl2FN19NaO12. The minimum atomic E-state index is -1.00. The molecule has 148 heavy (non-hydrogen) atoms. The number of alkyl halides is 2. The zero-order chi connectivity index (χ0) is 106. The van der Waals surface area contributed by atoms with Crippen LogP contribution in [-0.4, -0.2) is 170 Å². The van der Waals surface area contributed by atoms with Crippen LogP contribution < -0.4 is 86.4 Å². The number of fused-ring (bicyclic) bond motifs is 4. The number of anilines is 6. The first kappa shape index (κ1) is 123. The van der Waals surface area contributed by atoms with Gasteiger partial charge in [-0.1, -0.05) is 155 Å². The molecule has 0 aliphatic carbocycles. The number of carbonyl (C=O) groups excluding carboxylic acids is 3. The number of nitrogens with zero attached hydrogens (tertiary/aromatic N) is 11. The Kier molecular flexibility index (Phi) is 54.3. The SMILES string of the molecule is C.C1CCOC1.C1CCOC1.CC(C)(C)c1cc(N)n[nH]1.CC(C)COc1ccc2c(c1)ncn2-c1ccc(N)cc1.CC(C)COc1ccc2c(c1)ncn2-c1ccc(NC(=O)Nc2cc(C(C)(C)C)[nH]n2)cc1.CC(C)COc1ccc2c(c1)ncn2-c1ccc(NC(=O)Oc2ccccc2)cc1.CCC(C)Cl.CCN(CC)CC.Nc1ccc(-n2cnc3cc(O)ccc32)cc1.O=C(Cl)Oc1ccccc1.[2H]CF.[Na+].[OH-]. The second-order valence-corrected chi connectivity index (χ2v) is 37.9. The summed E-state index contributed by atoms with van der Waals surface area (Å²) in [6.45, 7) is 45.6. The summed E-state index contributed by atoms with van der Waals surface area (Å²) in [5.41, 5.74) is 32.2. The number of urea groups is 1. The smallest absolute Gasteiger partial charge is 0.870 e. The number of phenolic OH excluding ortho intramolecular Hbond substituents is 1. The van der Waals surface area contributed by atoms with E-state index in [1.54, 1.807) is 67.5 Å². The van der Waals surface area contributed by atoms with Gasteiger partial charge in [0.05, 0.1) is 72.5 Å². The van der Waals surface area contributed by atoms with Gasteiger partial charge >= 0.3 is 47.1 Å². The fourth-order valence-electron chi connectivity index (χ4n) is 13.3. The van der Waals surface area contributed by atoms with Gasteiger partial charge in [0, 0.05) is 148 Å². The molecule has 0 saturated carbocycles. The van der Waals surface area contributed by atoms with Crippen LogP contribution in [-0.2, 0) is 20.3 Å². The van der Waals surface area contributed by atoms with Crippen LogP contribution in [0.4, 0.5) is 53.2 Å². The van der Waals surface area contributed by atoms with Gasteiger partial charge in [0.1, 0.15) is 65.6 Å². The third-order valence-corrected chi connectivity index (χ3v) is 21.8. The fourth-order valence-corrected chi connectivity index (χ4v) is 13.4. The Morgan fingerprint density at radius 3 is 1.08 bits per heavy atom. The topological polar surface area (TPSA) is 412 Å². The van der Waals surface area contributed by atoms with E-state index in [1.165, 1.54) is 45.3 Å². The molecule has 1 unspecified atom stereocenters. The Hall–Kier alpha value is -13.5. The Bertz CT molecular complexity index is 6460. The molecule has 2 saturated heterocycles. The average molecular weight is 2080 g/mol. The molecule has 10 aromatic carbocycles. The molecule has 0 bridgehead atoms. The zero-order valence-electron chi connectivity index (χ0n) is 88.8. The van der Waals surface area contributed by atoms with Crippen LogP contribution in [0, 0.1) is 17.8 Å². The number of halogens is 3. The van der Waals surface area contributed by atoms with Crippen molar-refractivity contribution in [1.82, 2.24) is 63.5 Å². The van der Waals surface area contributed by atoms with Gasteiger partial charge in [-0.15, -0.1) is 11.6 Å². The fraction of sp³-hybridized carbons (Fsp3) is 0.354. The minimum absolute atomic E-state index is 0. The van der Waals surface area contributed by atoms with Crippen LogP contribution in [0.3, 0.4) is 0 Å². The van der Waals surface area contributed by atoms with E-state index in [-0.39, 0.29) is 65.1 Å². The largest absolute Gasteiger partial charge is 1.00 e. The van der Waals surface area contributed by atoms with Crippen LogP contribution >= 0.6 is 23.2 Å². The number of H-pyrrole nitrogens is 2. The summed E-state index contributed by atoms with van der Waals surface area (Å²) in [6, 6.07) is 74.3. The maximum atomic E-state index is 12.4. The minimum Gasteiger partial charge on any atom is -0.870 e. The van der Waals surface area contributed by atoms with Crippen LogP contribution in [0.2, 0.25) is 0 Å². The molecule has 18 rings (SSSR count). The number of aromatic amines is 2. The van der Waals surface area contributed by atoms with E-state index >= 15 is 0 Å². The van der Waals surface area contributed by atoms with Crippen LogP contribution in [0.5, 0.6) is 34.5 Å². The normalized spacial score (nSPS) is 11.8. The van der Waals surface area contributed by atoms with Crippen molar-refractivity contribution in [3.05, 3.63) is 279 Å². The van der Waals surface area contributed by atoms with Gasteiger partial charge in [-0.05, 0) is 246 Å². The van der Waals surface area contributed by atoms with Gasteiger partial charge in [0.25, 0.3) is 0 Å². The molecule has 0 spiro atoms. The average Bonchev–Trinajstić information content (AvgIpc) is 1.68. The number of imidazole rings is 4. The number of ether oxygens (including phenoxy) is 7. The number of nitrogens with one attached hydrogen (secondary N) is 5. The van der Waals surface area contributed by atoms with E-state index in [0.717, 1.165) is 140 Å². The van der Waals surface area contributed by atoms with Crippen LogP contribution in [0.15, 0.2) is 268 Å². The quantitative estimate of drug-likeness (QED) is 0.0132. The maximum Gasteiger partial charge on any atom is 1.00 e. The van der Waals surface area contributed by atoms with E-state index in [9.17, 15) is 23.9 Å². The van der Waals surface area contributed by atoms with Crippen molar-refractivity contribution in [1.29, 1.82) is 0 Å². The molecular weight excluding hydrogens is 1930 g/mol. The summed E-state index contributed by atoms with van der Waals surface area (Å²) < 4.78 is 60.5. The summed E-state index contributed by atoms with van der Waals surface area (Å²) in [6.07, 6.45) is 12.8. The molecule has 0 radical (unpaired) electrons. The van der Waals surface area contributed by atoms with Gasteiger partial charge < -0.3 is 71.2 Å². The number of hydrogen-bond donors (Lipinski definition) is 9. The number of para-hydroxylation sites is 2. The van der Waals surface area contributed by atoms with Crippen LogP contribution in [0.25, 0.3) is 66.9 Å². The predicted molar refractivity (Wildman–Crippen MR) is 597 cm³/mol. The standard InChI is InChI=1S/C25H30N6O2.C24H23N3O3.C17H19N3O.C13H11N3O.C7H5ClO2.C7H13N3.C6H15N.C4H9Cl.2C4H8O.CH3F.CH4.Na.H2O/c1-16(2)14-33-19-10-11-21-20(12-19)26-15-31(21)18-8-6-17(7-9-18)27-24(32)28-23-13-22(29-30-23)25(3,4)5;1-17(2)15-29-21-12-13-23-22(14-21)25-16-27(23)19-10-8-18(9-11-19)26-24(28)30-20-6-4-3-5-7-20;1-12(2)10-21-15-7-8-17-16(9-15)19-11-20(17)14-5-3-13(18)4-6-14;14-9-1-3-10(4-2-9)16-8-15-12-7-11(17)5-6-13(12)16;8-7(9)10-6-4-2-1-3-5-6;1-7(2,3)5-4-6(8)10-9-5;1-4-7(5-2)6-3;1-3-4(2)5;2*1-2-4-5-3-1;1-2;;;/h6-13,15-16H,14H2,1-5H3,(H3,27,28,29,30,32);3-14,16-17H,15H2,1-2H3,(H,26,28);3-9,11-12H,10,18H2,1-2H3;1-8,17H,14H2;1-5H;4H,1-3H3,(H3,8,9,10);4-6H2,1-3H3;4H,3H2,1-2H3;2*1-4H2;1H3;1H4;;1H2/q;;;;;;;;;;;;+1;/p-1/i;;;;;;;;;;1D;;;. The monoisotopic (exact) mass is 2080 g/mol. The van der Waals surface area contributed by atoms with Crippen molar-refractivity contribution in [3.8, 4) is 57.2 Å². The van der Waals surface area contributed by atoms with E-state index in [0.29, 0.717) is 77.5 Å². The second kappa shape index (κ2) is 65.2. The number of hydrogen-bond acceptors (Lipinski definition) is 22. The molecule has 16 aromatic rings. The third kappa shape index (κ3) is 43.5. The molecule has 2 fully saturated rings. The van der Waals surface area contributed by atoms with Crippen molar-refractivity contribution in [3.63, 3.8) is 0 Å². The molecule has 790 valence electrons. The molecule has 13 N–H and O–H groups in total. The summed E-state index contributed by atoms with van der Waals surface area (Å²) in [5.74, 6) is 6.16. The zero-order valence-corrected chi connectivity index (χ0v) is 91.3. The van der Waals surface area contributed by atoms with E-state index in [1.807, 2.05) is 226 Å². The molecule has 2 aliphatic rings. The van der Waals surface area contributed by atoms with E-state index in [2.05, 4.69) is 177 Å².